The summed E-state index contributed by atoms with van der Waals surface area (Å²) in [4.78, 5) is 48.5. The van der Waals surface area contributed by atoms with Crippen molar-refractivity contribution in [1.82, 2.24) is 0 Å². The fourth-order valence-corrected chi connectivity index (χ4v) is 7.12. The van der Waals surface area contributed by atoms with E-state index in [1.54, 1.807) is 0 Å². The molecule has 0 heterocycles. The summed E-state index contributed by atoms with van der Waals surface area (Å²) in [6, 6.07) is 7.01. The van der Waals surface area contributed by atoms with Crippen LogP contribution in [0, 0.1) is 0 Å². The van der Waals surface area contributed by atoms with Gasteiger partial charge in [-0.2, -0.15) is 51.9 Å². The quantitative estimate of drug-likeness (QED) is 0.0422. The summed E-state index contributed by atoms with van der Waals surface area (Å²) in [7, 11) is -11.4. The zero-order valence-electron chi connectivity index (χ0n) is 27.9. The van der Waals surface area contributed by atoms with Crippen LogP contribution < -0.4 is 9.47 Å². The number of benzene rings is 2. The lowest BCUT2D eigenvalue weighted by atomic mass is 10.1. The van der Waals surface area contributed by atoms with Gasteiger partial charge in [0.15, 0.2) is 13.2 Å². The van der Waals surface area contributed by atoms with Gasteiger partial charge in [-0.1, -0.05) is 56.7 Å². The number of esters is 3. The molecule has 2 rings (SSSR count). The van der Waals surface area contributed by atoms with Crippen LogP contribution in [0.15, 0.2) is 53.4 Å². The van der Waals surface area contributed by atoms with Gasteiger partial charge in [0.25, 0.3) is 5.85 Å². The minimum Gasteiger partial charge on any atom is -0.484 e. The Bertz CT molecular complexity index is 1700. The molecule has 0 amide bonds. The van der Waals surface area contributed by atoms with Crippen LogP contribution in [0.4, 0.5) is 39.5 Å². The molecule has 0 saturated carbocycles. The maximum Gasteiger partial charge on any atom is 0.422 e. The Labute approximate surface area is 302 Å². The number of carbonyl (C=O) groups excluding carboxylic acids is 3. The first-order valence-electron chi connectivity index (χ1n) is 15.8. The van der Waals surface area contributed by atoms with Gasteiger partial charge in [-0.05, 0) is 43.2 Å². The van der Waals surface area contributed by atoms with Gasteiger partial charge in [0.2, 0.25) is 0 Å². The molecular formula is C31H34F9O12PS. The van der Waals surface area contributed by atoms with Crippen molar-refractivity contribution in [1.29, 1.82) is 0 Å². The second-order valence-electron chi connectivity index (χ2n) is 11.4. The van der Waals surface area contributed by atoms with Crippen molar-refractivity contribution < 1.29 is 94.7 Å². The largest absolute Gasteiger partial charge is 0.484 e. The van der Waals surface area contributed by atoms with Gasteiger partial charge in [0.1, 0.15) is 17.1 Å². The van der Waals surface area contributed by atoms with E-state index in [2.05, 4.69) is 22.9 Å². The van der Waals surface area contributed by atoms with E-state index < -0.39 is 108 Å². The lowest BCUT2D eigenvalue weighted by molar-refractivity contribution is -0.163. The summed E-state index contributed by atoms with van der Waals surface area (Å²) in [5.41, 5.74) is -1.21. The van der Waals surface area contributed by atoms with Crippen molar-refractivity contribution in [2.24, 2.45) is 0 Å². The van der Waals surface area contributed by atoms with Crippen LogP contribution in [0.25, 0.3) is 0 Å². The van der Waals surface area contributed by atoms with Crippen molar-refractivity contribution >= 4 is 35.6 Å². The Morgan fingerprint density at radius 2 is 1.26 bits per heavy atom. The molecule has 0 spiro atoms. The number of hydrogen-bond donors (Lipinski definition) is 1. The Morgan fingerprint density at radius 3 is 1.81 bits per heavy atom. The molecule has 2 aromatic rings. The van der Waals surface area contributed by atoms with E-state index in [1.807, 2.05) is 0 Å². The molecule has 54 heavy (non-hydrogen) atoms. The van der Waals surface area contributed by atoms with Gasteiger partial charge >= 0.3 is 54.2 Å². The molecule has 12 nitrogen and oxygen atoms in total. The standard InChI is InChI=1S/C31H34F9O12PS/c32-29(33,34)17-11-6-4-2-1-3-5-10-14-25(41)50-27(43)28(53(44,45)52-54(46,47)22-12-8-7-9-13-22)51-26(42)23-18-21(48-19-30(35,36)37)15-16-24(23)49-20-31(38,39)40/h7-9,12-13,15-16,18,28H,1-6,10-11,14,17,19-20H2,(H,44,45). The van der Waals surface area contributed by atoms with Crippen molar-refractivity contribution in [2.45, 2.75) is 93.5 Å². The summed E-state index contributed by atoms with van der Waals surface area (Å²) < 4.78 is 175. The lowest BCUT2D eigenvalue weighted by Crippen LogP contribution is -2.32. The van der Waals surface area contributed by atoms with Crippen LogP contribution in [0.5, 0.6) is 11.5 Å². The summed E-state index contributed by atoms with van der Waals surface area (Å²) in [5.74, 6) is -10.8. The van der Waals surface area contributed by atoms with Crippen LogP contribution in [-0.2, 0) is 37.7 Å². The highest BCUT2D eigenvalue weighted by Crippen LogP contribution is 2.51. The fraction of sp³-hybridized carbons (Fsp3) is 0.516. The minimum atomic E-state index is -6.16. The average molecular weight is 833 g/mol. The summed E-state index contributed by atoms with van der Waals surface area (Å²) in [6.45, 7) is -4.03. The summed E-state index contributed by atoms with van der Waals surface area (Å²) in [5, 5.41) is 0. The van der Waals surface area contributed by atoms with Gasteiger partial charge in [0.05, 0.1) is 4.90 Å². The zero-order valence-corrected chi connectivity index (χ0v) is 29.6. The van der Waals surface area contributed by atoms with Crippen LogP contribution in [0.2, 0.25) is 0 Å². The first-order valence-corrected chi connectivity index (χ1v) is 18.8. The van der Waals surface area contributed by atoms with E-state index in [1.165, 1.54) is 6.07 Å². The van der Waals surface area contributed by atoms with Gasteiger partial charge in [0, 0.05) is 12.8 Å². The van der Waals surface area contributed by atoms with Crippen molar-refractivity contribution in [2.75, 3.05) is 13.2 Å². The van der Waals surface area contributed by atoms with E-state index in [0.717, 1.165) is 24.3 Å². The van der Waals surface area contributed by atoms with E-state index in [4.69, 9.17) is 0 Å². The maximum atomic E-state index is 13.3. The van der Waals surface area contributed by atoms with Crippen LogP contribution in [-0.4, -0.2) is 68.8 Å². The van der Waals surface area contributed by atoms with Gasteiger partial charge in [-0.15, -0.1) is 0 Å². The van der Waals surface area contributed by atoms with E-state index in [0.29, 0.717) is 56.7 Å². The molecule has 0 saturated heterocycles. The van der Waals surface area contributed by atoms with Crippen molar-refractivity contribution in [3.05, 3.63) is 54.1 Å². The van der Waals surface area contributed by atoms with Gasteiger partial charge in [-0.3, -0.25) is 9.36 Å². The molecule has 2 aromatic carbocycles. The summed E-state index contributed by atoms with van der Waals surface area (Å²) in [6.07, 6.45) is -12.6. The number of alkyl halides is 9. The van der Waals surface area contributed by atoms with E-state index in [9.17, 15) is 71.8 Å². The normalized spacial score (nSPS) is 14.1. The minimum absolute atomic E-state index is 0.0145. The van der Waals surface area contributed by atoms with Gasteiger partial charge in [-0.25, -0.2) is 9.59 Å². The predicted molar refractivity (Wildman–Crippen MR) is 167 cm³/mol. The van der Waals surface area contributed by atoms with Gasteiger partial charge < -0.3 is 23.8 Å². The van der Waals surface area contributed by atoms with Crippen molar-refractivity contribution in [3.8, 4) is 11.5 Å². The molecule has 0 bridgehead atoms. The Balaban J connectivity index is 2.25. The highest BCUT2D eigenvalue weighted by molar-refractivity contribution is 7.91. The molecule has 23 heteroatoms. The monoisotopic (exact) mass is 832 g/mol. The molecule has 304 valence electrons. The van der Waals surface area contributed by atoms with Crippen LogP contribution >= 0.6 is 7.60 Å². The zero-order chi connectivity index (χ0) is 40.8. The van der Waals surface area contributed by atoms with Crippen LogP contribution in [0.1, 0.15) is 74.6 Å². The topological polar surface area (TPSA) is 169 Å². The predicted octanol–water partition coefficient (Wildman–Crippen LogP) is 8.18. The number of ether oxygens (including phenoxy) is 4. The molecule has 0 radical (unpaired) electrons. The Hall–Kier alpha value is -3.88. The maximum absolute atomic E-state index is 13.3. The molecule has 0 aliphatic rings. The first-order chi connectivity index (χ1) is 24.9. The third-order valence-corrected chi connectivity index (χ3v) is 10.1. The number of rotatable bonds is 21. The SMILES string of the molecule is O=C(CCCCCCCCCCC(F)(F)F)OC(=O)C(OC(=O)c1cc(OCC(F)(F)F)ccc1OCC(F)(F)F)P(=O)(O)OS(=O)(=O)c1ccccc1. The number of unbranched alkanes of at least 4 members (excludes halogenated alkanes) is 7. The number of hydrogen-bond acceptors (Lipinski definition) is 11. The smallest absolute Gasteiger partial charge is 0.422 e. The molecule has 0 aliphatic carbocycles. The molecule has 1 N–H and O–H groups in total. The lowest BCUT2D eigenvalue weighted by Gasteiger charge is -2.21. The summed E-state index contributed by atoms with van der Waals surface area (Å²) >= 11 is 0. The molecule has 2 unspecified atom stereocenters. The Morgan fingerprint density at radius 1 is 0.722 bits per heavy atom. The molecular weight excluding hydrogens is 798 g/mol. The molecule has 2 atom stereocenters. The van der Waals surface area contributed by atoms with E-state index in [-0.39, 0.29) is 12.8 Å². The fourth-order valence-electron chi connectivity index (χ4n) is 4.30. The van der Waals surface area contributed by atoms with Crippen LogP contribution in [0.3, 0.4) is 0 Å². The second kappa shape index (κ2) is 20.2. The molecule has 0 fully saturated rings. The highest BCUT2D eigenvalue weighted by atomic mass is 32.2. The third kappa shape index (κ3) is 18.0. The molecule has 0 aliphatic heterocycles. The first kappa shape index (κ1) is 46.3. The molecule has 0 aromatic heterocycles. The highest BCUT2D eigenvalue weighted by Gasteiger charge is 2.48. The van der Waals surface area contributed by atoms with E-state index >= 15 is 0 Å². The number of halogens is 9. The average Bonchev–Trinajstić information content (AvgIpc) is 3.04. The Kier molecular flexibility index (Phi) is 17.3. The second-order valence-corrected chi connectivity index (χ2v) is 14.9. The third-order valence-electron chi connectivity index (χ3n) is 6.72. The van der Waals surface area contributed by atoms with Crippen molar-refractivity contribution in [3.63, 3.8) is 0 Å². The number of carbonyl (C=O) groups is 3.